The summed E-state index contributed by atoms with van der Waals surface area (Å²) < 4.78 is 42.7. The lowest BCUT2D eigenvalue weighted by Crippen LogP contribution is -2.28. The third-order valence-corrected chi connectivity index (χ3v) is 4.19. The number of thiocarbonyl (C=S) groups is 1. The Labute approximate surface area is 149 Å². The van der Waals surface area contributed by atoms with Gasteiger partial charge in [0, 0.05) is 5.69 Å². The predicted octanol–water partition coefficient (Wildman–Crippen LogP) is 4.30. The average Bonchev–Trinajstić information content (AvgIpc) is 3.24. The molecule has 0 aliphatic carbocycles. The van der Waals surface area contributed by atoms with Crippen molar-refractivity contribution in [1.82, 2.24) is 15.5 Å². The lowest BCUT2D eigenvalue weighted by Gasteiger charge is -2.10. The first kappa shape index (κ1) is 17.4. The van der Waals surface area contributed by atoms with Crippen LogP contribution in [0.3, 0.4) is 0 Å². The monoisotopic (exact) mass is 384 g/mol. The summed E-state index contributed by atoms with van der Waals surface area (Å²) in [5, 5.41) is 11.7. The third kappa shape index (κ3) is 4.54. The molecule has 3 aromatic rings. The van der Waals surface area contributed by atoms with E-state index in [9.17, 15) is 13.2 Å². The fourth-order valence-corrected chi connectivity index (χ4v) is 2.75. The van der Waals surface area contributed by atoms with E-state index in [2.05, 4.69) is 20.8 Å². The van der Waals surface area contributed by atoms with Gasteiger partial charge in [-0.2, -0.15) is 18.2 Å². The fraction of sp³-hybridized carbons (Fsp3) is 0.133. The standard InChI is InChI=1S/C15H11F3N4OS2/c16-15(17,18)9-3-5-10(6-4-9)20-14(24)19-8-12-21-13(22-23-12)11-2-1-7-25-11/h1-7H,8H2,(H2,19,20,24). The molecule has 0 unspecified atom stereocenters. The van der Waals surface area contributed by atoms with Crippen molar-refractivity contribution in [2.24, 2.45) is 0 Å². The Morgan fingerprint density at radius 3 is 2.60 bits per heavy atom. The van der Waals surface area contributed by atoms with Crippen molar-refractivity contribution in [3.05, 3.63) is 53.2 Å². The quantitative estimate of drug-likeness (QED) is 0.654. The van der Waals surface area contributed by atoms with E-state index < -0.39 is 11.7 Å². The topological polar surface area (TPSA) is 63.0 Å². The lowest BCUT2D eigenvalue weighted by molar-refractivity contribution is -0.137. The van der Waals surface area contributed by atoms with Crippen molar-refractivity contribution < 1.29 is 17.7 Å². The van der Waals surface area contributed by atoms with E-state index in [0.717, 1.165) is 17.0 Å². The van der Waals surface area contributed by atoms with Crippen LogP contribution >= 0.6 is 23.6 Å². The van der Waals surface area contributed by atoms with Crippen molar-refractivity contribution in [1.29, 1.82) is 0 Å². The van der Waals surface area contributed by atoms with Crippen LogP contribution in [0.1, 0.15) is 11.5 Å². The number of aromatic nitrogens is 2. The number of thiophene rings is 1. The molecule has 0 radical (unpaired) electrons. The Morgan fingerprint density at radius 1 is 1.20 bits per heavy atom. The number of halogens is 3. The molecule has 0 spiro atoms. The summed E-state index contributed by atoms with van der Waals surface area (Å²) in [4.78, 5) is 5.12. The van der Waals surface area contributed by atoms with E-state index in [1.807, 2.05) is 17.5 Å². The average molecular weight is 384 g/mol. The zero-order chi connectivity index (χ0) is 17.9. The normalized spacial score (nSPS) is 11.3. The van der Waals surface area contributed by atoms with Gasteiger partial charge < -0.3 is 15.2 Å². The zero-order valence-electron chi connectivity index (χ0n) is 12.5. The van der Waals surface area contributed by atoms with Crippen molar-refractivity contribution in [3.63, 3.8) is 0 Å². The number of hydrogen-bond donors (Lipinski definition) is 2. The lowest BCUT2D eigenvalue weighted by atomic mass is 10.2. The Bertz CT molecular complexity index is 845. The summed E-state index contributed by atoms with van der Waals surface area (Å²) >= 11 is 6.59. The summed E-state index contributed by atoms with van der Waals surface area (Å²) in [6.07, 6.45) is -4.37. The molecule has 2 N–H and O–H groups in total. The second-order valence-electron chi connectivity index (χ2n) is 4.87. The summed E-state index contributed by atoms with van der Waals surface area (Å²) in [6, 6.07) is 8.34. The van der Waals surface area contributed by atoms with Crippen molar-refractivity contribution in [3.8, 4) is 10.7 Å². The van der Waals surface area contributed by atoms with Crippen molar-refractivity contribution in [2.45, 2.75) is 12.7 Å². The first-order valence-electron chi connectivity index (χ1n) is 7.00. The Kier molecular flexibility index (Phi) is 5.00. The van der Waals surface area contributed by atoms with E-state index in [0.29, 0.717) is 17.4 Å². The number of rotatable bonds is 4. The van der Waals surface area contributed by atoms with Crippen LogP contribution in [-0.4, -0.2) is 15.3 Å². The fourth-order valence-electron chi connectivity index (χ4n) is 1.91. The number of alkyl halides is 3. The summed E-state index contributed by atoms with van der Waals surface area (Å²) in [6.45, 7) is 0.199. The van der Waals surface area contributed by atoms with Gasteiger partial charge in [0.05, 0.1) is 17.0 Å². The molecule has 0 aliphatic heterocycles. The predicted molar refractivity (Wildman–Crippen MR) is 92.1 cm³/mol. The summed E-state index contributed by atoms with van der Waals surface area (Å²) in [5.74, 6) is 0.841. The maximum atomic E-state index is 12.5. The van der Waals surface area contributed by atoms with E-state index in [4.69, 9.17) is 16.7 Å². The molecular formula is C15H11F3N4OS2. The van der Waals surface area contributed by atoms with Gasteiger partial charge in [-0.15, -0.1) is 11.3 Å². The van der Waals surface area contributed by atoms with E-state index in [1.54, 1.807) is 0 Å². The number of nitrogens with zero attached hydrogens (tertiary/aromatic N) is 2. The highest BCUT2D eigenvalue weighted by atomic mass is 32.1. The largest absolute Gasteiger partial charge is 0.416 e. The van der Waals surface area contributed by atoms with Crippen LogP contribution in [0.5, 0.6) is 0 Å². The van der Waals surface area contributed by atoms with Gasteiger partial charge in [0.15, 0.2) is 5.11 Å². The molecular weight excluding hydrogens is 373 g/mol. The molecule has 1 aromatic carbocycles. The van der Waals surface area contributed by atoms with Crippen LogP contribution in [0.2, 0.25) is 0 Å². The minimum Gasteiger partial charge on any atom is -0.353 e. The zero-order valence-corrected chi connectivity index (χ0v) is 14.1. The Hall–Kier alpha value is -2.46. The molecule has 2 aromatic heterocycles. The van der Waals surface area contributed by atoms with E-state index in [-0.39, 0.29) is 11.7 Å². The molecule has 0 atom stereocenters. The molecule has 3 rings (SSSR count). The molecule has 130 valence electrons. The van der Waals surface area contributed by atoms with Crippen LogP contribution in [0.25, 0.3) is 10.7 Å². The highest BCUT2D eigenvalue weighted by Crippen LogP contribution is 2.29. The second-order valence-corrected chi connectivity index (χ2v) is 6.23. The number of benzene rings is 1. The maximum absolute atomic E-state index is 12.5. The van der Waals surface area contributed by atoms with Crippen LogP contribution < -0.4 is 10.6 Å². The second kappa shape index (κ2) is 7.19. The molecule has 0 saturated carbocycles. The highest BCUT2D eigenvalue weighted by Gasteiger charge is 2.29. The molecule has 10 heteroatoms. The molecule has 0 fully saturated rings. The highest BCUT2D eigenvalue weighted by molar-refractivity contribution is 7.80. The number of hydrogen-bond acceptors (Lipinski definition) is 5. The Balaban J connectivity index is 1.53. The number of nitrogens with one attached hydrogen (secondary N) is 2. The summed E-state index contributed by atoms with van der Waals surface area (Å²) in [7, 11) is 0. The van der Waals surface area contributed by atoms with Gasteiger partial charge in [0.2, 0.25) is 11.7 Å². The summed E-state index contributed by atoms with van der Waals surface area (Å²) in [5.41, 5.74) is -0.279. The molecule has 2 heterocycles. The molecule has 0 saturated heterocycles. The van der Waals surface area contributed by atoms with Crippen LogP contribution in [0.15, 0.2) is 46.3 Å². The van der Waals surface area contributed by atoms with Crippen LogP contribution in [0, 0.1) is 0 Å². The number of anilines is 1. The molecule has 0 aliphatic rings. The van der Waals surface area contributed by atoms with E-state index >= 15 is 0 Å². The first-order valence-corrected chi connectivity index (χ1v) is 8.29. The minimum absolute atomic E-state index is 0.199. The van der Waals surface area contributed by atoms with Gasteiger partial charge in [-0.05, 0) is 47.9 Å². The third-order valence-electron chi connectivity index (χ3n) is 3.08. The smallest absolute Gasteiger partial charge is 0.353 e. The molecule has 25 heavy (non-hydrogen) atoms. The van der Waals surface area contributed by atoms with Crippen molar-refractivity contribution >= 4 is 34.4 Å². The van der Waals surface area contributed by atoms with Gasteiger partial charge in [0.25, 0.3) is 0 Å². The minimum atomic E-state index is -4.37. The van der Waals surface area contributed by atoms with Gasteiger partial charge in [-0.25, -0.2) is 0 Å². The van der Waals surface area contributed by atoms with Crippen LogP contribution in [-0.2, 0) is 12.7 Å². The SMILES string of the molecule is FC(F)(F)c1ccc(NC(=S)NCc2nc(-c3cccs3)no2)cc1. The molecule has 0 amide bonds. The Morgan fingerprint density at radius 2 is 1.96 bits per heavy atom. The molecule has 5 nitrogen and oxygen atoms in total. The van der Waals surface area contributed by atoms with Gasteiger partial charge in [-0.3, -0.25) is 0 Å². The first-order chi connectivity index (χ1) is 11.9. The van der Waals surface area contributed by atoms with Gasteiger partial charge >= 0.3 is 6.18 Å². The molecule has 0 bridgehead atoms. The van der Waals surface area contributed by atoms with Gasteiger partial charge in [0.1, 0.15) is 0 Å². The van der Waals surface area contributed by atoms with Gasteiger partial charge in [-0.1, -0.05) is 11.2 Å². The van der Waals surface area contributed by atoms with Crippen LogP contribution in [0.4, 0.5) is 18.9 Å². The van der Waals surface area contributed by atoms with Crippen molar-refractivity contribution in [2.75, 3.05) is 5.32 Å². The van der Waals surface area contributed by atoms with E-state index in [1.165, 1.54) is 23.5 Å². The maximum Gasteiger partial charge on any atom is 0.416 e.